The third-order valence-corrected chi connectivity index (χ3v) is 3.25. The number of carbonyl (C=O) groups excluding carboxylic acids is 2. The Labute approximate surface area is 94.1 Å². The van der Waals surface area contributed by atoms with Crippen molar-refractivity contribution in [3.8, 4) is 0 Å². The molecule has 1 aliphatic heterocycles. The molecule has 0 saturated carbocycles. The molecule has 6 heteroatoms. The van der Waals surface area contributed by atoms with Crippen molar-refractivity contribution in [1.29, 1.82) is 0 Å². The maximum absolute atomic E-state index is 12.1. The third-order valence-electron chi connectivity index (χ3n) is 3.25. The molecule has 0 unspecified atom stereocenters. The van der Waals surface area contributed by atoms with Crippen molar-refractivity contribution in [3.63, 3.8) is 0 Å². The van der Waals surface area contributed by atoms with Gasteiger partial charge in [0.1, 0.15) is 11.1 Å². The van der Waals surface area contributed by atoms with Gasteiger partial charge in [-0.15, -0.1) is 0 Å². The normalized spacial score (nSPS) is 34.8. The van der Waals surface area contributed by atoms with Gasteiger partial charge in [-0.25, -0.2) is 0 Å². The highest BCUT2D eigenvalue weighted by molar-refractivity contribution is 5.86. The van der Waals surface area contributed by atoms with Crippen LogP contribution in [-0.2, 0) is 19.1 Å². The van der Waals surface area contributed by atoms with E-state index < -0.39 is 23.0 Å². The Hall–Kier alpha value is -1.14. The Morgan fingerprint density at radius 1 is 1.06 bits per heavy atom. The fourth-order valence-corrected chi connectivity index (χ4v) is 2.04. The summed E-state index contributed by atoms with van der Waals surface area (Å²) in [5.74, 6) is -1.26. The minimum atomic E-state index is -1.31. The van der Waals surface area contributed by atoms with Crippen LogP contribution in [0, 0.1) is 5.21 Å². The summed E-state index contributed by atoms with van der Waals surface area (Å²) in [4.78, 5) is 23.1. The summed E-state index contributed by atoms with van der Waals surface area (Å²) < 4.78 is 9.16. The predicted molar refractivity (Wildman–Crippen MR) is 55.3 cm³/mol. The molecule has 1 aliphatic rings. The van der Waals surface area contributed by atoms with E-state index in [0.29, 0.717) is 5.06 Å². The van der Waals surface area contributed by atoms with Crippen LogP contribution in [0.25, 0.3) is 0 Å². The molecule has 16 heavy (non-hydrogen) atoms. The van der Waals surface area contributed by atoms with Crippen molar-refractivity contribution < 1.29 is 19.1 Å². The van der Waals surface area contributed by atoms with Gasteiger partial charge in [0.2, 0.25) is 0 Å². The number of ether oxygens (including phenoxy) is 2. The van der Waals surface area contributed by atoms with Gasteiger partial charge in [0, 0.05) is 0 Å². The van der Waals surface area contributed by atoms with Gasteiger partial charge in [0.05, 0.1) is 14.2 Å². The van der Waals surface area contributed by atoms with Crippen molar-refractivity contribution in [2.24, 2.45) is 0 Å². The first-order valence-electron chi connectivity index (χ1n) is 4.97. The van der Waals surface area contributed by atoms with Crippen LogP contribution in [-0.4, -0.2) is 42.3 Å². The first-order valence-corrected chi connectivity index (χ1v) is 4.97. The summed E-state index contributed by atoms with van der Waals surface area (Å²) in [6.45, 7) is 2.94. The number of methoxy groups -OCH3 is 2. The van der Waals surface area contributed by atoms with E-state index in [1.54, 1.807) is 0 Å². The number of rotatable bonds is 2. The van der Waals surface area contributed by atoms with E-state index in [-0.39, 0.29) is 12.8 Å². The summed E-state index contributed by atoms with van der Waals surface area (Å²) in [5.41, 5.74) is -2.62. The van der Waals surface area contributed by atoms with Gasteiger partial charge in [0.25, 0.3) is 0 Å². The molecule has 0 radical (unpaired) electrons. The monoisotopic (exact) mass is 230 g/mol. The van der Waals surface area contributed by atoms with E-state index in [9.17, 15) is 14.8 Å². The van der Waals surface area contributed by atoms with Gasteiger partial charge in [0.15, 0.2) is 0 Å². The lowest BCUT2D eigenvalue weighted by atomic mass is 9.98. The second-order valence-corrected chi connectivity index (χ2v) is 4.33. The van der Waals surface area contributed by atoms with Crippen LogP contribution in [0.5, 0.6) is 0 Å². The molecule has 1 heterocycles. The molecule has 0 bridgehead atoms. The van der Waals surface area contributed by atoms with Gasteiger partial charge in [-0.1, -0.05) is 0 Å². The van der Waals surface area contributed by atoms with Crippen LogP contribution in [0.4, 0.5) is 0 Å². The Kier molecular flexibility index (Phi) is 3.25. The number of nitrogens with zero attached hydrogens (tertiary/aromatic N) is 1. The van der Waals surface area contributed by atoms with E-state index in [0.717, 1.165) is 0 Å². The summed E-state index contributed by atoms with van der Waals surface area (Å²) >= 11 is 0. The lowest BCUT2D eigenvalue weighted by molar-refractivity contribution is -0.159. The lowest BCUT2D eigenvalue weighted by Crippen LogP contribution is -2.56. The molecule has 0 aliphatic carbocycles. The number of hydrogen-bond acceptors (Lipinski definition) is 6. The van der Waals surface area contributed by atoms with Crippen LogP contribution in [0.3, 0.4) is 0 Å². The van der Waals surface area contributed by atoms with Crippen LogP contribution in [0.1, 0.15) is 26.7 Å². The van der Waals surface area contributed by atoms with E-state index in [2.05, 4.69) is 9.47 Å². The zero-order valence-corrected chi connectivity index (χ0v) is 9.90. The summed E-state index contributed by atoms with van der Waals surface area (Å²) in [6, 6.07) is 0. The highest BCUT2D eigenvalue weighted by Gasteiger charge is 2.53. The summed E-state index contributed by atoms with van der Waals surface area (Å²) in [5, 5.41) is 12.6. The maximum Gasteiger partial charge on any atom is 0.325 e. The molecule has 0 amide bonds. The minimum Gasteiger partial charge on any atom is -0.784 e. The smallest absolute Gasteiger partial charge is 0.325 e. The van der Waals surface area contributed by atoms with Crippen molar-refractivity contribution in [2.45, 2.75) is 37.8 Å². The van der Waals surface area contributed by atoms with E-state index >= 15 is 0 Å². The molecule has 1 saturated heterocycles. The van der Waals surface area contributed by atoms with Crippen LogP contribution >= 0.6 is 0 Å². The molecule has 0 N–H and O–H groups in total. The zero-order valence-electron chi connectivity index (χ0n) is 9.90. The van der Waals surface area contributed by atoms with Crippen molar-refractivity contribution in [1.82, 2.24) is 5.06 Å². The van der Waals surface area contributed by atoms with Crippen LogP contribution in [0.15, 0.2) is 0 Å². The number of esters is 2. The summed E-state index contributed by atoms with van der Waals surface area (Å²) in [7, 11) is 2.43. The lowest BCUT2D eigenvalue weighted by Gasteiger charge is -2.45. The first kappa shape index (κ1) is 12.9. The molecule has 6 nitrogen and oxygen atoms in total. The molecule has 92 valence electrons. The SMILES string of the molecule is COC(=O)[C@@]1(C)CC[C@](C)(C(=O)OC)N1[O-]. The van der Waals surface area contributed by atoms with E-state index in [4.69, 9.17) is 0 Å². The maximum atomic E-state index is 12.1. The molecule has 0 aromatic rings. The Balaban J connectivity index is 3.01. The van der Waals surface area contributed by atoms with Crippen molar-refractivity contribution >= 4 is 11.9 Å². The van der Waals surface area contributed by atoms with Crippen molar-refractivity contribution in [2.75, 3.05) is 14.2 Å². The molecule has 1 rings (SSSR count). The highest BCUT2D eigenvalue weighted by atomic mass is 16.6. The average Bonchev–Trinajstić information content (AvgIpc) is 2.54. The molecular weight excluding hydrogens is 214 g/mol. The van der Waals surface area contributed by atoms with Gasteiger partial charge in [-0.2, -0.15) is 0 Å². The predicted octanol–water partition coefficient (Wildman–Crippen LogP) is 0.443. The fourth-order valence-electron chi connectivity index (χ4n) is 2.04. The number of hydroxylamine groups is 2. The zero-order chi connectivity index (χ0) is 12.6. The molecular formula is C10H16NO5-. The molecule has 2 atom stereocenters. The first-order chi connectivity index (χ1) is 7.32. The summed E-state index contributed by atoms with van der Waals surface area (Å²) in [6.07, 6.45) is 0.545. The minimum absolute atomic E-state index is 0.273. The number of hydrogen-bond donors (Lipinski definition) is 0. The molecule has 1 fully saturated rings. The van der Waals surface area contributed by atoms with Gasteiger partial charge >= 0.3 is 11.9 Å². The Morgan fingerprint density at radius 3 is 1.62 bits per heavy atom. The molecule has 0 spiro atoms. The van der Waals surface area contributed by atoms with Crippen LogP contribution < -0.4 is 0 Å². The average molecular weight is 230 g/mol. The topological polar surface area (TPSA) is 78.9 Å². The standard InChI is InChI=1S/C10H16NO5/c1-9(7(12)15-3)5-6-10(2,11(9)14)8(13)16-4/h5-6H2,1-4H3/q-1/t9-,10-/m1/s1. The molecule has 0 aromatic heterocycles. The highest BCUT2D eigenvalue weighted by Crippen LogP contribution is 2.41. The Morgan fingerprint density at radius 2 is 1.38 bits per heavy atom. The second-order valence-electron chi connectivity index (χ2n) is 4.33. The van der Waals surface area contributed by atoms with E-state index in [1.165, 1.54) is 28.1 Å². The molecule has 0 aromatic carbocycles. The fraction of sp³-hybridized carbons (Fsp3) is 0.800. The van der Waals surface area contributed by atoms with Gasteiger partial charge in [-0.3, -0.25) is 9.59 Å². The van der Waals surface area contributed by atoms with Gasteiger partial charge in [-0.05, 0) is 26.7 Å². The quantitative estimate of drug-likeness (QED) is 0.640. The second kappa shape index (κ2) is 4.03. The largest absolute Gasteiger partial charge is 0.784 e. The van der Waals surface area contributed by atoms with Crippen molar-refractivity contribution in [3.05, 3.63) is 5.21 Å². The van der Waals surface area contributed by atoms with Gasteiger partial charge < -0.3 is 19.7 Å². The van der Waals surface area contributed by atoms with Crippen LogP contribution in [0.2, 0.25) is 0 Å². The third kappa shape index (κ3) is 1.58. The number of carbonyl (C=O) groups is 2. The van der Waals surface area contributed by atoms with E-state index in [1.807, 2.05) is 0 Å². The Bertz CT molecular complexity index is 288.